The van der Waals surface area contributed by atoms with E-state index in [2.05, 4.69) is 10.6 Å². The molecular weight excluding hydrogens is 350 g/mol. The number of hydrogen-bond donors (Lipinski definition) is 2. The number of carbonyl (C=O) groups excluding carboxylic acids is 2. The van der Waals surface area contributed by atoms with E-state index in [-0.39, 0.29) is 29.9 Å². The van der Waals surface area contributed by atoms with Crippen LogP contribution in [0.1, 0.15) is 55.3 Å². The molecule has 0 heterocycles. The molecule has 0 saturated heterocycles. The van der Waals surface area contributed by atoms with Crippen molar-refractivity contribution in [3.8, 4) is 0 Å². The van der Waals surface area contributed by atoms with Crippen molar-refractivity contribution in [2.45, 2.75) is 44.9 Å². The molecule has 0 spiro atoms. The van der Waals surface area contributed by atoms with Crippen LogP contribution in [0.2, 0.25) is 0 Å². The summed E-state index contributed by atoms with van der Waals surface area (Å²) >= 11 is 0. The topological polar surface area (TPSA) is 58.2 Å². The lowest BCUT2D eigenvalue weighted by atomic mass is 9.49. The first-order valence-corrected chi connectivity index (χ1v) is 9.92. The number of halogens is 2. The Balaban J connectivity index is 1.22. The molecule has 4 aliphatic rings. The molecule has 27 heavy (non-hydrogen) atoms. The Labute approximate surface area is 158 Å². The lowest BCUT2D eigenvalue weighted by Gasteiger charge is -2.56. The summed E-state index contributed by atoms with van der Waals surface area (Å²) < 4.78 is 26.5. The van der Waals surface area contributed by atoms with Crippen LogP contribution in [0, 0.1) is 34.8 Å². The predicted molar refractivity (Wildman–Crippen MR) is 96.9 cm³/mol. The van der Waals surface area contributed by atoms with Crippen LogP contribution >= 0.6 is 0 Å². The SMILES string of the molecule is O=C(CCNC(=O)c1ccc(F)cc1F)NCC12CC3CC(CC(C3)C1)C2. The highest BCUT2D eigenvalue weighted by Gasteiger charge is 2.50. The molecule has 1 aromatic rings. The smallest absolute Gasteiger partial charge is 0.254 e. The van der Waals surface area contributed by atoms with Crippen molar-refractivity contribution in [2.24, 2.45) is 23.2 Å². The third-order valence-electron chi connectivity index (χ3n) is 6.64. The summed E-state index contributed by atoms with van der Waals surface area (Å²) in [6.07, 6.45) is 7.98. The summed E-state index contributed by atoms with van der Waals surface area (Å²) in [6, 6.07) is 2.82. The van der Waals surface area contributed by atoms with E-state index >= 15 is 0 Å². The first-order chi connectivity index (χ1) is 12.9. The largest absolute Gasteiger partial charge is 0.355 e. The Hall–Kier alpha value is -1.98. The summed E-state index contributed by atoms with van der Waals surface area (Å²) in [5.74, 6) is 0.174. The van der Waals surface area contributed by atoms with Crippen LogP contribution in [0.5, 0.6) is 0 Å². The van der Waals surface area contributed by atoms with Gasteiger partial charge in [-0.25, -0.2) is 8.78 Å². The molecule has 0 aromatic heterocycles. The van der Waals surface area contributed by atoms with E-state index in [0.717, 1.165) is 36.4 Å². The van der Waals surface area contributed by atoms with Gasteiger partial charge in [-0.05, 0) is 73.8 Å². The van der Waals surface area contributed by atoms with E-state index in [1.54, 1.807) is 0 Å². The van der Waals surface area contributed by atoms with Crippen LogP contribution < -0.4 is 10.6 Å². The second-order valence-corrected chi connectivity index (χ2v) is 8.82. The van der Waals surface area contributed by atoms with Crippen molar-refractivity contribution >= 4 is 11.8 Å². The van der Waals surface area contributed by atoms with Crippen LogP contribution in [-0.4, -0.2) is 24.9 Å². The molecule has 0 unspecified atom stereocenters. The maximum atomic E-state index is 13.6. The van der Waals surface area contributed by atoms with Crippen molar-refractivity contribution in [1.82, 2.24) is 10.6 Å². The molecule has 4 bridgehead atoms. The lowest BCUT2D eigenvalue weighted by Crippen LogP contribution is -2.51. The van der Waals surface area contributed by atoms with E-state index in [0.29, 0.717) is 6.07 Å². The van der Waals surface area contributed by atoms with Gasteiger partial charge in [-0.2, -0.15) is 0 Å². The molecule has 1 aromatic carbocycles. The maximum Gasteiger partial charge on any atom is 0.254 e. The first-order valence-electron chi connectivity index (χ1n) is 9.92. The minimum Gasteiger partial charge on any atom is -0.355 e. The molecule has 6 heteroatoms. The molecule has 4 nitrogen and oxygen atoms in total. The van der Waals surface area contributed by atoms with Gasteiger partial charge < -0.3 is 10.6 Å². The van der Waals surface area contributed by atoms with Crippen molar-refractivity contribution in [2.75, 3.05) is 13.1 Å². The summed E-state index contributed by atoms with van der Waals surface area (Å²) in [6.45, 7) is 0.859. The molecule has 0 aliphatic heterocycles. The highest BCUT2D eigenvalue weighted by Crippen LogP contribution is 2.59. The fourth-order valence-electron chi connectivity index (χ4n) is 5.94. The predicted octanol–water partition coefficient (Wildman–Crippen LogP) is 3.42. The Morgan fingerprint density at radius 2 is 1.63 bits per heavy atom. The summed E-state index contributed by atoms with van der Waals surface area (Å²) in [5.41, 5.74) is 0.0654. The standard InChI is InChI=1S/C21H26F2N2O2/c22-16-1-2-17(18(23)8-16)20(27)24-4-3-19(26)25-12-21-9-13-5-14(10-21)7-15(6-13)11-21/h1-2,8,13-15H,3-7,9-12H2,(H,24,27)(H,25,26). The minimum atomic E-state index is -0.904. The van der Waals surface area contributed by atoms with Gasteiger partial charge in [0.15, 0.2) is 0 Å². The van der Waals surface area contributed by atoms with E-state index < -0.39 is 17.5 Å². The molecule has 5 rings (SSSR count). The van der Waals surface area contributed by atoms with Crippen molar-refractivity contribution < 1.29 is 18.4 Å². The fourth-order valence-corrected chi connectivity index (χ4v) is 5.94. The normalized spacial score (nSPS) is 31.0. The molecule has 2 amide bonds. The zero-order valence-electron chi connectivity index (χ0n) is 15.4. The lowest BCUT2D eigenvalue weighted by molar-refractivity contribution is -0.123. The third kappa shape index (κ3) is 3.99. The van der Waals surface area contributed by atoms with E-state index in [1.807, 2.05) is 0 Å². The molecule has 4 fully saturated rings. The van der Waals surface area contributed by atoms with Crippen molar-refractivity contribution in [3.63, 3.8) is 0 Å². The number of nitrogens with one attached hydrogen (secondary N) is 2. The van der Waals surface area contributed by atoms with Gasteiger partial charge in [0.2, 0.25) is 5.91 Å². The van der Waals surface area contributed by atoms with Crippen molar-refractivity contribution in [3.05, 3.63) is 35.4 Å². The fraction of sp³-hybridized carbons (Fsp3) is 0.619. The Kier molecular flexibility index (Phi) is 4.91. The number of benzene rings is 1. The maximum absolute atomic E-state index is 13.6. The minimum absolute atomic E-state index is 0.0920. The van der Waals surface area contributed by atoms with Gasteiger partial charge >= 0.3 is 0 Å². The zero-order chi connectivity index (χ0) is 19.0. The Morgan fingerprint density at radius 1 is 1.00 bits per heavy atom. The van der Waals surface area contributed by atoms with Crippen LogP contribution in [0.15, 0.2) is 18.2 Å². The van der Waals surface area contributed by atoms with Gasteiger partial charge in [-0.15, -0.1) is 0 Å². The molecular formula is C21H26F2N2O2. The summed E-state index contributed by atoms with van der Waals surface area (Å²) in [4.78, 5) is 24.1. The van der Waals surface area contributed by atoms with Gasteiger partial charge in [-0.3, -0.25) is 9.59 Å². The van der Waals surface area contributed by atoms with Gasteiger partial charge in [0.25, 0.3) is 5.91 Å². The number of amides is 2. The Morgan fingerprint density at radius 3 is 2.22 bits per heavy atom. The molecule has 2 N–H and O–H groups in total. The monoisotopic (exact) mass is 376 g/mol. The molecule has 0 atom stereocenters. The second kappa shape index (κ2) is 7.21. The zero-order valence-corrected chi connectivity index (χ0v) is 15.4. The van der Waals surface area contributed by atoms with Gasteiger partial charge in [0.1, 0.15) is 11.6 Å². The van der Waals surface area contributed by atoms with E-state index in [4.69, 9.17) is 0 Å². The van der Waals surface area contributed by atoms with Crippen LogP contribution in [-0.2, 0) is 4.79 Å². The summed E-state index contributed by atoms with van der Waals surface area (Å²) in [5, 5.41) is 5.58. The molecule has 146 valence electrons. The number of rotatable bonds is 6. The van der Waals surface area contributed by atoms with Gasteiger partial charge in [0, 0.05) is 25.6 Å². The van der Waals surface area contributed by atoms with Crippen LogP contribution in [0.4, 0.5) is 8.78 Å². The highest BCUT2D eigenvalue weighted by atomic mass is 19.1. The van der Waals surface area contributed by atoms with Gasteiger partial charge in [0.05, 0.1) is 5.56 Å². The van der Waals surface area contributed by atoms with E-state index in [9.17, 15) is 18.4 Å². The summed E-state index contributed by atoms with van der Waals surface area (Å²) in [7, 11) is 0. The van der Waals surface area contributed by atoms with E-state index in [1.165, 1.54) is 38.5 Å². The van der Waals surface area contributed by atoms with Crippen LogP contribution in [0.25, 0.3) is 0 Å². The molecule has 4 aliphatic carbocycles. The first kappa shape index (κ1) is 18.4. The average Bonchev–Trinajstić information content (AvgIpc) is 2.59. The van der Waals surface area contributed by atoms with Gasteiger partial charge in [-0.1, -0.05) is 0 Å². The number of carbonyl (C=O) groups is 2. The molecule has 4 saturated carbocycles. The molecule has 0 radical (unpaired) electrons. The average molecular weight is 376 g/mol. The third-order valence-corrected chi connectivity index (χ3v) is 6.64. The van der Waals surface area contributed by atoms with Crippen LogP contribution in [0.3, 0.4) is 0 Å². The quantitative estimate of drug-likeness (QED) is 0.799. The second-order valence-electron chi connectivity index (χ2n) is 8.82. The van der Waals surface area contributed by atoms with Crippen molar-refractivity contribution in [1.29, 1.82) is 0 Å². The number of hydrogen-bond acceptors (Lipinski definition) is 2. The highest BCUT2D eigenvalue weighted by molar-refractivity contribution is 5.94. The Bertz CT molecular complexity index is 714.